The monoisotopic (exact) mass is 974 g/mol. The molecule has 0 radical (unpaired) electrons. The first-order chi connectivity index (χ1) is 34.2. The first-order valence-electron chi connectivity index (χ1n) is 23.5. The van der Waals surface area contributed by atoms with E-state index >= 15 is 8.78 Å². The van der Waals surface area contributed by atoms with Crippen molar-refractivity contribution in [2.45, 2.75) is 71.9 Å². The Kier molecular flexibility index (Phi) is 13.2. The highest BCUT2D eigenvalue weighted by Crippen LogP contribution is 2.47. The molecule has 0 amide bonds. The van der Waals surface area contributed by atoms with Crippen LogP contribution in [-0.2, 0) is 17.0 Å². The predicted molar refractivity (Wildman–Crippen MR) is 273 cm³/mol. The molecule has 0 fully saturated rings. The normalized spacial score (nSPS) is 13.5. The van der Waals surface area contributed by atoms with Crippen LogP contribution in [0, 0.1) is 18.6 Å². The summed E-state index contributed by atoms with van der Waals surface area (Å²) in [6, 6.07) is 48.3. The van der Waals surface area contributed by atoms with Crippen LogP contribution in [0.2, 0.25) is 0 Å². The van der Waals surface area contributed by atoms with E-state index in [9.17, 15) is 22.0 Å². The summed E-state index contributed by atoms with van der Waals surface area (Å²) in [6.07, 6.45) is -8.17. The molecule has 364 valence electrons. The van der Waals surface area contributed by atoms with Crippen molar-refractivity contribution in [3.05, 3.63) is 237 Å². The SMILES string of the molecule is Cc1ccc(C2=N/C(=C(/c3ccccc3)c3c(-c4ccc(C(C)(C)C)cc4)cc(-c4ccc(C(C)(C)C)cc4)n3B(Oc3ccc(C(F)F)c(F)c3)Oc3ccc(C(F)(F)F)c(F)c3)c3ccccc32)cc1. The van der Waals surface area contributed by atoms with Crippen LogP contribution in [0.1, 0.15) is 104 Å². The highest BCUT2D eigenvalue weighted by atomic mass is 19.4. The fraction of sp³-hybridized carbons (Fsp3) is 0.183. The van der Waals surface area contributed by atoms with Gasteiger partial charge in [-0.15, -0.1) is 0 Å². The lowest BCUT2D eigenvalue weighted by molar-refractivity contribution is -0.140. The lowest BCUT2D eigenvalue weighted by Gasteiger charge is -2.25. The number of nitrogens with zero attached hydrogens (tertiary/aromatic N) is 2. The van der Waals surface area contributed by atoms with Crippen molar-refractivity contribution in [1.29, 1.82) is 0 Å². The molecule has 9 rings (SSSR count). The maximum absolute atomic E-state index is 15.6. The van der Waals surface area contributed by atoms with Crippen molar-refractivity contribution in [1.82, 2.24) is 4.48 Å². The molecule has 4 nitrogen and oxygen atoms in total. The maximum atomic E-state index is 15.6. The molecule has 0 unspecified atom stereocenters. The largest absolute Gasteiger partial charge is 0.743 e. The highest BCUT2D eigenvalue weighted by Gasteiger charge is 2.40. The van der Waals surface area contributed by atoms with Crippen molar-refractivity contribution in [3.63, 3.8) is 0 Å². The zero-order chi connectivity index (χ0) is 51.3. The molecule has 1 aliphatic rings. The zero-order valence-electron chi connectivity index (χ0n) is 40.7. The minimum absolute atomic E-state index is 0.210. The van der Waals surface area contributed by atoms with Gasteiger partial charge in [0.2, 0.25) is 0 Å². The number of halogens is 7. The van der Waals surface area contributed by atoms with E-state index in [0.29, 0.717) is 57.2 Å². The number of aryl methyl sites for hydroxylation is 1. The second kappa shape index (κ2) is 19.2. The van der Waals surface area contributed by atoms with Gasteiger partial charge in [0.25, 0.3) is 6.43 Å². The third-order valence-electron chi connectivity index (χ3n) is 12.8. The molecule has 2 heterocycles. The Balaban J connectivity index is 1.44. The Bertz CT molecular complexity index is 3350. The van der Waals surface area contributed by atoms with E-state index in [1.54, 1.807) is 4.48 Å². The summed E-state index contributed by atoms with van der Waals surface area (Å²) in [6.45, 7) is 14.6. The summed E-state index contributed by atoms with van der Waals surface area (Å²) < 4.78 is 116. The molecular formula is C60H50BF7N2O2. The molecular weight excluding hydrogens is 924 g/mol. The Labute approximate surface area is 415 Å². The summed E-state index contributed by atoms with van der Waals surface area (Å²) in [7, 11) is -1.80. The molecule has 0 atom stereocenters. The third kappa shape index (κ3) is 10.00. The second-order valence-corrected chi connectivity index (χ2v) is 19.9. The number of hydrogen-bond donors (Lipinski definition) is 0. The summed E-state index contributed by atoms with van der Waals surface area (Å²) in [5.74, 6) is -3.51. The van der Waals surface area contributed by atoms with Gasteiger partial charge in [0.15, 0.2) is 0 Å². The number of hydrogen-bond acceptors (Lipinski definition) is 3. The van der Waals surface area contributed by atoms with Crippen molar-refractivity contribution in [2.75, 3.05) is 0 Å². The van der Waals surface area contributed by atoms with Gasteiger partial charge in [-0.3, -0.25) is 0 Å². The van der Waals surface area contributed by atoms with Crippen molar-refractivity contribution in [3.8, 4) is 33.9 Å². The van der Waals surface area contributed by atoms with E-state index in [1.165, 1.54) is 0 Å². The van der Waals surface area contributed by atoms with Crippen LogP contribution >= 0.6 is 0 Å². The minimum Gasteiger partial charge on any atom is -0.506 e. The molecule has 12 heteroatoms. The molecule has 0 bridgehead atoms. The van der Waals surface area contributed by atoms with Gasteiger partial charge in [-0.1, -0.05) is 174 Å². The van der Waals surface area contributed by atoms with Crippen LogP contribution < -0.4 is 9.31 Å². The average molecular weight is 975 g/mol. The molecule has 0 aliphatic carbocycles. The smallest absolute Gasteiger partial charge is 0.506 e. The molecule has 0 saturated heterocycles. The lowest BCUT2D eigenvalue weighted by Crippen LogP contribution is -2.40. The van der Waals surface area contributed by atoms with Crippen molar-refractivity contribution >= 4 is 24.2 Å². The Morgan fingerprint density at radius 3 is 1.62 bits per heavy atom. The van der Waals surface area contributed by atoms with E-state index in [-0.39, 0.29) is 22.3 Å². The van der Waals surface area contributed by atoms with E-state index in [1.807, 2.05) is 140 Å². The van der Waals surface area contributed by atoms with Crippen LogP contribution in [0.25, 0.3) is 33.7 Å². The summed E-state index contributed by atoms with van der Waals surface area (Å²) in [5.41, 5.74) is 8.31. The van der Waals surface area contributed by atoms with Crippen LogP contribution in [0.4, 0.5) is 30.7 Å². The summed E-state index contributed by atoms with van der Waals surface area (Å²) >= 11 is 0. The fourth-order valence-corrected chi connectivity index (χ4v) is 8.89. The van der Waals surface area contributed by atoms with Gasteiger partial charge in [0.1, 0.15) is 23.1 Å². The van der Waals surface area contributed by atoms with Gasteiger partial charge in [-0.2, -0.15) is 13.2 Å². The Morgan fingerprint density at radius 2 is 1.08 bits per heavy atom. The third-order valence-corrected chi connectivity index (χ3v) is 12.8. The Hall–Kier alpha value is -7.60. The molecule has 0 saturated carbocycles. The summed E-state index contributed by atoms with van der Waals surface area (Å²) in [4.78, 5) is 5.49. The van der Waals surface area contributed by atoms with Gasteiger partial charge in [-0.25, -0.2) is 22.6 Å². The van der Waals surface area contributed by atoms with Crippen LogP contribution in [-0.4, -0.2) is 17.4 Å². The number of rotatable bonds is 11. The zero-order valence-corrected chi connectivity index (χ0v) is 40.7. The molecule has 8 aromatic rings. The molecule has 0 spiro atoms. The standard InChI is InChI=1S/C60H50BF7N2O2/c1-36-17-19-40(20-18-36)54-45-15-11-12-16-46(45)55(69-54)53(39-13-9-8-10-14-39)56-48(37-21-25-41(26-22-37)58(2,3)4)35-52(38-23-27-42(28-24-38)59(5,6)7)70(56)61(71-43-29-31-47(57(64)65)50(62)33-43)72-44-30-32-49(51(63)34-44)60(66,67)68/h8-35,57H,1-7H3/b55-53-. The van der Waals surface area contributed by atoms with E-state index in [2.05, 4.69) is 41.5 Å². The van der Waals surface area contributed by atoms with Crippen LogP contribution in [0.3, 0.4) is 0 Å². The van der Waals surface area contributed by atoms with E-state index in [4.69, 9.17) is 14.3 Å². The van der Waals surface area contributed by atoms with Gasteiger partial charge in [0, 0.05) is 45.7 Å². The topological polar surface area (TPSA) is 35.8 Å². The van der Waals surface area contributed by atoms with E-state index < -0.39 is 42.6 Å². The maximum Gasteiger partial charge on any atom is 0.743 e. The minimum atomic E-state index is -5.02. The summed E-state index contributed by atoms with van der Waals surface area (Å²) in [5, 5.41) is 0. The quantitative estimate of drug-likeness (QED) is 0.0956. The number of aliphatic imine (C=N–C) groups is 1. The molecule has 1 aromatic heterocycles. The van der Waals surface area contributed by atoms with Crippen molar-refractivity contribution in [2.24, 2.45) is 4.99 Å². The second-order valence-electron chi connectivity index (χ2n) is 19.9. The number of fused-ring (bicyclic) bond motifs is 1. The van der Waals surface area contributed by atoms with Gasteiger partial charge in [0.05, 0.1) is 28.2 Å². The number of benzene rings is 7. The van der Waals surface area contributed by atoms with Crippen molar-refractivity contribution < 1.29 is 40.0 Å². The van der Waals surface area contributed by atoms with Gasteiger partial charge in [-0.05, 0) is 75.9 Å². The molecule has 1 aliphatic heterocycles. The fourth-order valence-electron chi connectivity index (χ4n) is 8.89. The molecule has 0 N–H and O–H groups in total. The molecule has 7 aromatic carbocycles. The Morgan fingerprint density at radius 1 is 0.556 bits per heavy atom. The van der Waals surface area contributed by atoms with Gasteiger partial charge < -0.3 is 13.8 Å². The van der Waals surface area contributed by atoms with Gasteiger partial charge >= 0.3 is 13.4 Å². The predicted octanol–water partition coefficient (Wildman–Crippen LogP) is 16.7. The highest BCUT2D eigenvalue weighted by molar-refractivity contribution is 6.46. The van der Waals surface area contributed by atoms with E-state index in [0.717, 1.165) is 63.2 Å². The van der Waals surface area contributed by atoms with Crippen LogP contribution in [0.15, 0.2) is 175 Å². The number of aromatic nitrogens is 1. The van der Waals surface area contributed by atoms with Crippen LogP contribution in [0.5, 0.6) is 11.5 Å². The molecule has 72 heavy (non-hydrogen) atoms. The average Bonchev–Trinajstić information content (AvgIpc) is 3.91. The number of alkyl halides is 5. The first kappa shape index (κ1) is 49.4. The first-order valence-corrected chi connectivity index (χ1v) is 23.5. The lowest BCUT2D eigenvalue weighted by atomic mass is 9.85.